The summed E-state index contributed by atoms with van der Waals surface area (Å²) in [6, 6.07) is 22.2. The number of likely N-dealkylation sites (tertiary alicyclic amines) is 1. The molecule has 2 heterocycles. The largest absolute Gasteiger partial charge is 0.489 e. The number of ether oxygens (including phenoxy) is 2. The molecule has 1 aliphatic rings. The molecule has 218 valence electrons. The van der Waals surface area contributed by atoms with Crippen LogP contribution in [0.5, 0.6) is 11.5 Å². The molecule has 0 atom stereocenters. The van der Waals surface area contributed by atoms with Crippen molar-refractivity contribution in [2.75, 3.05) is 31.6 Å². The van der Waals surface area contributed by atoms with Crippen molar-refractivity contribution in [3.8, 4) is 22.6 Å². The van der Waals surface area contributed by atoms with E-state index in [1.165, 1.54) is 18.9 Å². The zero-order chi connectivity index (χ0) is 29.8. The first-order valence-electron chi connectivity index (χ1n) is 14.1. The zero-order valence-corrected chi connectivity index (χ0v) is 24.3. The van der Waals surface area contributed by atoms with Crippen molar-refractivity contribution in [2.24, 2.45) is 0 Å². The van der Waals surface area contributed by atoms with Gasteiger partial charge in [-0.3, -0.25) is 4.90 Å². The molecule has 1 saturated heterocycles. The van der Waals surface area contributed by atoms with Crippen LogP contribution in [-0.2, 0) is 0 Å². The van der Waals surface area contributed by atoms with Gasteiger partial charge in [-0.2, -0.15) is 0 Å². The van der Waals surface area contributed by atoms with Crippen molar-refractivity contribution in [1.29, 1.82) is 0 Å². The number of benzene rings is 4. The van der Waals surface area contributed by atoms with Crippen LogP contribution >= 0.6 is 11.6 Å². The summed E-state index contributed by atoms with van der Waals surface area (Å²) in [5.41, 5.74) is 4.39. The van der Waals surface area contributed by atoms with Crippen molar-refractivity contribution in [3.63, 3.8) is 0 Å². The first-order valence-corrected chi connectivity index (χ1v) is 14.4. The summed E-state index contributed by atoms with van der Waals surface area (Å²) in [6.45, 7) is 5.28. The van der Waals surface area contributed by atoms with Crippen LogP contribution < -0.4 is 14.8 Å². The van der Waals surface area contributed by atoms with Gasteiger partial charge in [0.15, 0.2) is 11.6 Å². The van der Waals surface area contributed by atoms with Crippen LogP contribution in [0.2, 0.25) is 5.02 Å². The Morgan fingerprint density at radius 2 is 1.81 bits per heavy atom. The predicted molar refractivity (Wildman–Crippen MR) is 165 cm³/mol. The van der Waals surface area contributed by atoms with Crippen LogP contribution in [0.4, 0.5) is 16.0 Å². The van der Waals surface area contributed by atoms with Gasteiger partial charge in [-0.25, -0.2) is 14.2 Å². The molecule has 6 rings (SSSR count). The van der Waals surface area contributed by atoms with Gasteiger partial charge in [-0.15, -0.1) is 10.2 Å². The minimum Gasteiger partial charge on any atom is -0.489 e. The van der Waals surface area contributed by atoms with Crippen LogP contribution in [0.25, 0.3) is 22.2 Å². The number of aryl methyl sites for hydroxylation is 1. The second-order valence-electron chi connectivity index (χ2n) is 10.4. The smallest absolute Gasteiger partial charge is 0.343 e. The summed E-state index contributed by atoms with van der Waals surface area (Å²) < 4.78 is 26.0. The number of aromatic nitrogens is 3. The number of rotatable bonds is 9. The van der Waals surface area contributed by atoms with Gasteiger partial charge >= 0.3 is 5.97 Å². The molecule has 0 radical (unpaired) electrons. The highest BCUT2D eigenvalue weighted by molar-refractivity contribution is 6.33. The first-order chi connectivity index (χ1) is 20.9. The van der Waals surface area contributed by atoms with E-state index in [0.29, 0.717) is 45.2 Å². The number of fused-ring (bicyclic) bond motifs is 1. The van der Waals surface area contributed by atoms with E-state index in [0.717, 1.165) is 30.8 Å². The van der Waals surface area contributed by atoms with E-state index in [2.05, 4.69) is 25.4 Å². The molecule has 5 aromatic rings. The minimum absolute atomic E-state index is 0.211. The van der Waals surface area contributed by atoms with E-state index in [-0.39, 0.29) is 11.7 Å². The lowest BCUT2D eigenvalue weighted by molar-refractivity contribution is 0.0735. The first kappa shape index (κ1) is 28.5. The fourth-order valence-corrected chi connectivity index (χ4v) is 5.29. The number of anilines is 2. The highest BCUT2D eigenvalue weighted by Crippen LogP contribution is 2.34. The number of hydrogen-bond acceptors (Lipinski definition) is 8. The second-order valence-corrected chi connectivity index (χ2v) is 10.8. The summed E-state index contributed by atoms with van der Waals surface area (Å²) in [4.78, 5) is 19.5. The molecule has 1 aliphatic heterocycles. The minimum atomic E-state index is -0.463. The maximum absolute atomic E-state index is 14.7. The fraction of sp³-hybridized carbons (Fsp3) is 0.212. The lowest BCUT2D eigenvalue weighted by Gasteiger charge is -2.15. The molecule has 0 aliphatic carbocycles. The Bertz CT molecular complexity index is 1780. The summed E-state index contributed by atoms with van der Waals surface area (Å²) in [5, 5.41) is 12.1. The molecule has 0 unspecified atom stereocenters. The van der Waals surface area contributed by atoms with Crippen LogP contribution in [0.3, 0.4) is 0 Å². The molecule has 4 aromatic carbocycles. The van der Waals surface area contributed by atoms with E-state index in [4.69, 9.17) is 21.1 Å². The number of halogens is 2. The molecule has 10 heteroatoms. The standard InChI is InChI=1S/C33H29ClFN5O3/c1-21-17-23(26-20-25(10-11-27(26)34)43-32(41)22-7-3-2-4-8-22)18-29-31(21)37-33(39-38-29)36-24-9-12-30(28(35)19-24)42-16-15-40-13-5-6-14-40/h2-4,7-12,17-20H,5-6,13-16H2,1H3,(H,36,37,39). The van der Waals surface area contributed by atoms with E-state index >= 15 is 0 Å². The maximum atomic E-state index is 14.7. The van der Waals surface area contributed by atoms with Gasteiger partial charge in [0.25, 0.3) is 0 Å². The molecule has 0 spiro atoms. The quantitative estimate of drug-likeness (QED) is 0.141. The third kappa shape index (κ3) is 6.74. The monoisotopic (exact) mass is 597 g/mol. The lowest BCUT2D eigenvalue weighted by atomic mass is 10.0. The van der Waals surface area contributed by atoms with Crippen molar-refractivity contribution in [1.82, 2.24) is 20.1 Å². The van der Waals surface area contributed by atoms with Crippen LogP contribution in [-0.4, -0.2) is 52.3 Å². The Balaban J connectivity index is 1.17. The van der Waals surface area contributed by atoms with E-state index in [9.17, 15) is 9.18 Å². The van der Waals surface area contributed by atoms with Crippen molar-refractivity contribution in [3.05, 3.63) is 101 Å². The molecule has 43 heavy (non-hydrogen) atoms. The Hall–Kier alpha value is -4.60. The third-order valence-electron chi connectivity index (χ3n) is 7.27. The van der Waals surface area contributed by atoms with Crippen LogP contribution in [0.1, 0.15) is 28.8 Å². The topological polar surface area (TPSA) is 89.5 Å². The van der Waals surface area contributed by atoms with Gasteiger partial charge in [-0.05, 0) is 98.6 Å². The second kappa shape index (κ2) is 12.7. The van der Waals surface area contributed by atoms with Gasteiger partial charge in [-0.1, -0.05) is 29.8 Å². The molecule has 0 bridgehead atoms. The van der Waals surface area contributed by atoms with Gasteiger partial charge in [0.1, 0.15) is 17.9 Å². The lowest BCUT2D eigenvalue weighted by Crippen LogP contribution is -2.25. The summed E-state index contributed by atoms with van der Waals surface area (Å²) in [5.74, 6) is -0.112. The normalized spacial score (nSPS) is 13.3. The molecule has 0 saturated carbocycles. The molecular formula is C33H29ClFN5O3. The Morgan fingerprint density at radius 3 is 2.60 bits per heavy atom. The number of carbonyl (C=O) groups is 1. The molecule has 1 aromatic heterocycles. The molecule has 1 N–H and O–H groups in total. The zero-order valence-electron chi connectivity index (χ0n) is 23.5. The number of nitrogens with one attached hydrogen (secondary N) is 1. The summed E-state index contributed by atoms with van der Waals surface area (Å²) >= 11 is 6.54. The van der Waals surface area contributed by atoms with E-state index < -0.39 is 11.8 Å². The highest BCUT2D eigenvalue weighted by atomic mass is 35.5. The highest BCUT2D eigenvalue weighted by Gasteiger charge is 2.15. The Labute approximate surface area is 253 Å². The molecule has 1 fully saturated rings. The summed E-state index contributed by atoms with van der Waals surface area (Å²) in [7, 11) is 0. The summed E-state index contributed by atoms with van der Waals surface area (Å²) in [6.07, 6.45) is 2.41. The Kier molecular flexibility index (Phi) is 8.44. The van der Waals surface area contributed by atoms with Crippen LogP contribution in [0, 0.1) is 12.7 Å². The fourth-order valence-electron chi connectivity index (χ4n) is 5.07. The van der Waals surface area contributed by atoms with Crippen molar-refractivity contribution >= 4 is 40.2 Å². The molecule has 0 amide bonds. The number of esters is 1. The van der Waals surface area contributed by atoms with Crippen LogP contribution in [0.15, 0.2) is 78.9 Å². The number of hydrogen-bond donors (Lipinski definition) is 1. The third-order valence-corrected chi connectivity index (χ3v) is 7.60. The molecule has 8 nitrogen and oxygen atoms in total. The molecular weight excluding hydrogens is 569 g/mol. The van der Waals surface area contributed by atoms with Crippen molar-refractivity contribution < 1.29 is 18.7 Å². The van der Waals surface area contributed by atoms with Crippen molar-refractivity contribution in [2.45, 2.75) is 19.8 Å². The Morgan fingerprint density at radius 1 is 1.00 bits per heavy atom. The van der Waals surface area contributed by atoms with Gasteiger partial charge in [0, 0.05) is 28.9 Å². The predicted octanol–water partition coefficient (Wildman–Crippen LogP) is 7.23. The average Bonchev–Trinajstić information content (AvgIpc) is 3.53. The van der Waals surface area contributed by atoms with E-state index in [1.807, 2.05) is 25.1 Å². The average molecular weight is 598 g/mol. The van der Waals surface area contributed by atoms with Gasteiger partial charge in [0.05, 0.1) is 11.1 Å². The number of nitrogens with zero attached hydrogens (tertiary/aromatic N) is 4. The van der Waals surface area contributed by atoms with E-state index in [1.54, 1.807) is 54.6 Å². The SMILES string of the molecule is Cc1cc(-c2cc(OC(=O)c3ccccc3)ccc2Cl)cc2nnc(Nc3ccc(OCCN4CCCC4)c(F)c3)nc12. The van der Waals surface area contributed by atoms with Gasteiger partial charge in [0.2, 0.25) is 5.95 Å². The van der Waals surface area contributed by atoms with Gasteiger partial charge < -0.3 is 14.8 Å². The maximum Gasteiger partial charge on any atom is 0.343 e. The number of carbonyl (C=O) groups excluding carboxylic acids is 1.